The minimum Gasteiger partial charge on any atom is -0.375 e. The summed E-state index contributed by atoms with van der Waals surface area (Å²) in [7, 11) is 0. The summed E-state index contributed by atoms with van der Waals surface area (Å²) in [4.78, 5) is 0. The second kappa shape index (κ2) is 6.91. The van der Waals surface area contributed by atoms with Gasteiger partial charge in [0.25, 0.3) is 0 Å². The lowest BCUT2D eigenvalue weighted by atomic mass is 9.89. The van der Waals surface area contributed by atoms with Crippen LogP contribution in [0.3, 0.4) is 0 Å². The van der Waals surface area contributed by atoms with E-state index in [1.54, 1.807) is 0 Å². The van der Waals surface area contributed by atoms with Crippen molar-refractivity contribution in [2.24, 2.45) is 5.92 Å². The fourth-order valence-corrected chi connectivity index (χ4v) is 3.55. The average Bonchev–Trinajstić information content (AvgIpc) is 2.76. The van der Waals surface area contributed by atoms with E-state index >= 15 is 0 Å². The highest BCUT2D eigenvalue weighted by molar-refractivity contribution is 4.93. The molecule has 1 atom stereocenters. The Kier molecular flexibility index (Phi) is 5.50. The molecule has 0 aromatic rings. The molecular weight excluding hydrogens is 222 g/mol. The first-order chi connectivity index (χ1) is 8.70. The molecule has 18 heavy (non-hydrogen) atoms. The molecule has 1 saturated heterocycles. The predicted octanol–water partition coefficient (Wildman–Crippen LogP) is 3.89. The highest BCUT2D eigenvalue weighted by Gasteiger charge is 2.39. The molecular formula is C16H31NO. The van der Waals surface area contributed by atoms with Gasteiger partial charge in [-0.15, -0.1) is 0 Å². The summed E-state index contributed by atoms with van der Waals surface area (Å²) < 4.78 is 6.08. The van der Waals surface area contributed by atoms with Crippen LogP contribution in [0.15, 0.2) is 0 Å². The molecule has 106 valence electrons. The fraction of sp³-hybridized carbons (Fsp3) is 1.00. The summed E-state index contributed by atoms with van der Waals surface area (Å²) in [5.74, 6) is 0.856. The molecule has 2 heteroatoms. The van der Waals surface area contributed by atoms with Crippen LogP contribution in [0.4, 0.5) is 0 Å². The van der Waals surface area contributed by atoms with E-state index in [-0.39, 0.29) is 5.60 Å². The molecule has 1 saturated carbocycles. The highest BCUT2D eigenvalue weighted by atomic mass is 16.5. The molecule has 1 unspecified atom stereocenters. The fourth-order valence-electron chi connectivity index (χ4n) is 3.55. The van der Waals surface area contributed by atoms with Crippen LogP contribution in [-0.2, 0) is 4.74 Å². The summed E-state index contributed by atoms with van der Waals surface area (Å²) in [6, 6.07) is 0.718. The van der Waals surface area contributed by atoms with Crippen molar-refractivity contribution in [2.45, 2.75) is 83.3 Å². The van der Waals surface area contributed by atoms with Crippen molar-refractivity contribution in [1.29, 1.82) is 0 Å². The Morgan fingerprint density at radius 2 is 2.00 bits per heavy atom. The summed E-state index contributed by atoms with van der Waals surface area (Å²) in [5, 5.41) is 3.77. The van der Waals surface area contributed by atoms with Crippen molar-refractivity contribution in [2.75, 3.05) is 13.2 Å². The van der Waals surface area contributed by atoms with Gasteiger partial charge in [-0.2, -0.15) is 0 Å². The largest absolute Gasteiger partial charge is 0.375 e. The van der Waals surface area contributed by atoms with Gasteiger partial charge < -0.3 is 10.1 Å². The predicted molar refractivity (Wildman–Crippen MR) is 76.9 cm³/mol. The van der Waals surface area contributed by atoms with Crippen LogP contribution < -0.4 is 5.32 Å². The van der Waals surface area contributed by atoms with Crippen molar-refractivity contribution in [3.05, 3.63) is 0 Å². The van der Waals surface area contributed by atoms with Crippen LogP contribution in [0, 0.1) is 5.92 Å². The van der Waals surface area contributed by atoms with E-state index < -0.39 is 0 Å². The first-order valence-electron chi connectivity index (χ1n) is 8.08. The van der Waals surface area contributed by atoms with Crippen molar-refractivity contribution >= 4 is 0 Å². The van der Waals surface area contributed by atoms with Crippen molar-refractivity contribution in [3.63, 3.8) is 0 Å². The van der Waals surface area contributed by atoms with Crippen LogP contribution in [-0.4, -0.2) is 24.8 Å². The molecule has 2 aliphatic rings. The zero-order valence-corrected chi connectivity index (χ0v) is 12.3. The van der Waals surface area contributed by atoms with Crippen LogP contribution >= 0.6 is 0 Å². The van der Waals surface area contributed by atoms with Gasteiger partial charge in [0.05, 0.1) is 5.60 Å². The number of ether oxygens (including phenoxy) is 1. The molecule has 1 aliphatic heterocycles. The maximum Gasteiger partial charge on any atom is 0.0697 e. The topological polar surface area (TPSA) is 21.3 Å². The number of hydrogen-bond donors (Lipinski definition) is 1. The lowest BCUT2D eigenvalue weighted by Crippen LogP contribution is -2.45. The molecule has 2 fully saturated rings. The molecule has 2 nitrogen and oxygen atoms in total. The highest BCUT2D eigenvalue weighted by Crippen LogP contribution is 2.39. The molecule has 0 aromatic heterocycles. The number of unbranched alkanes of at least 4 members (excludes halogenated alkanes) is 1. The van der Waals surface area contributed by atoms with E-state index in [9.17, 15) is 0 Å². The zero-order valence-electron chi connectivity index (χ0n) is 12.3. The minimum atomic E-state index is 0.272. The summed E-state index contributed by atoms with van der Waals surface area (Å²) >= 11 is 0. The van der Waals surface area contributed by atoms with E-state index in [4.69, 9.17) is 4.74 Å². The van der Waals surface area contributed by atoms with Crippen molar-refractivity contribution in [3.8, 4) is 0 Å². The average molecular weight is 253 g/mol. The standard InChI is InChI=1S/C16H31NO/c1-14(2)7-3-6-11-17-15-8-12-18-16(13-15)9-4-5-10-16/h14-15,17H,3-13H2,1-2H3. The number of rotatable bonds is 6. The first-order valence-corrected chi connectivity index (χ1v) is 8.08. The van der Waals surface area contributed by atoms with Crippen molar-refractivity contribution in [1.82, 2.24) is 5.32 Å². The molecule has 0 amide bonds. The molecule has 2 rings (SSSR count). The van der Waals surface area contributed by atoms with E-state index in [0.29, 0.717) is 0 Å². The molecule has 0 aromatic carbocycles. The first kappa shape index (κ1) is 14.3. The Bertz CT molecular complexity index is 233. The van der Waals surface area contributed by atoms with E-state index in [1.165, 1.54) is 64.3 Å². The van der Waals surface area contributed by atoms with Crippen LogP contribution in [0.1, 0.15) is 71.6 Å². The third-order valence-corrected chi connectivity index (χ3v) is 4.65. The van der Waals surface area contributed by atoms with Crippen LogP contribution in [0.2, 0.25) is 0 Å². The molecule has 0 radical (unpaired) electrons. The normalized spacial score (nSPS) is 27.2. The van der Waals surface area contributed by atoms with Gasteiger partial charge in [0, 0.05) is 12.6 Å². The smallest absolute Gasteiger partial charge is 0.0697 e. The monoisotopic (exact) mass is 253 g/mol. The number of hydrogen-bond acceptors (Lipinski definition) is 2. The van der Waals surface area contributed by atoms with Gasteiger partial charge in [-0.05, 0) is 44.6 Å². The van der Waals surface area contributed by atoms with Gasteiger partial charge in [-0.1, -0.05) is 39.5 Å². The Labute approximate surface area is 113 Å². The lowest BCUT2D eigenvalue weighted by Gasteiger charge is -2.38. The number of nitrogens with one attached hydrogen (secondary N) is 1. The van der Waals surface area contributed by atoms with E-state index in [0.717, 1.165) is 18.6 Å². The Morgan fingerprint density at radius 3 is 2.72 bits per heavy atom. The third-order valence-electron chi connectivity index (χ3n) is 4.65. The quantitative estimate of drug-likeness (QED) is 0.725. The second-order valence-electron chi connectivity index (χ2n) is 6.77. The molecule has 1 heterocycles. The van der Waals surface area contributed by atoms with Crippen molar-refractivity contribution < 1.29 is 4.74 Å². The summed E-state index contributed by atoms with van der Waals surface area (Å²) in [6.45, 7) is 6.81. The maximum atomic E-state index is 6.08. The molecule has 1 spiro atoms. The minimum absolute atomic E-state index is 0.272. The van der Waals surface area contributed by atoms with Gasteiger partial charge in [-0.3, -0.25) is 0 Å². The maximum absolute atomic E-state index is 6.08. The van der Waals surface area contributed by atoms with E-state index in [1.807, 2.05) is 0 Å². The summed E-state index contributed by atoms with van der Waals surface area (Å²) in [6.07, 6.45) is 11.9. The second-order valence-corrected chi connectivity index (χ2v) is 6.77. The Hall–Kier alpha value is -0.0800. The van der Waals surface area contributed by atoms with Gasteiger partial charge in [-0.25, -0.2) is 0 Å². The SMILES string of the molecule is CC(C)CCCCNC1CCOC2(CCCC2)C1. The molecule has 1 aliphatic carbocycles. The third kappa shape index (κ3) is 4.24. The van der Waals surface area contributed by atoms with Gasteiger partial charge in [0.1, 0.15) is 0 Å². The molecule has 0 bridgehead atoms. The van der Waals surface area contributed by atoms with Gasteiger partial charge in [0.15, 0.2) is 0 Å². The Morgan fingerprint density at radius 1 is 1.22 bits per heavy atom. The Balaban J connectivity index is 1.61. The van der Waals surface area contributed by atoms with E-state index in [2.05, 4.69) is 19.2 Å². The van der Waals surface area contributed by atoms with Crippen LogP contribution in [0.5, 0.6) is 0 Å². The van der Waals surface area contributed by atoms with Gasteiger partial charge in [0.2, 0.25) is 0 Å². The molecule has 1 N–H and O–H groups in total. The van der Waals surface area contributed by atoms with Gasteiger partial charge >= 0.3 is 0 Å². The lowest BCUT2D eigenvalue weighted by molar-refractivity contribution is -0.0835. The summed E-state index contributed by atoms with van der Waals surface area (Å²) in [5.41, 5.74) is 0.272. The van der Waals surface area contributed by atoms with Crippen LogP contribution in [0.25, 0.3) is 0 Å². The zero-order chi connectivity index (χ0) is 12.8.